The van der Waals surface area contributed by atoms with Gasteiger partial charge in [-0.15, -0.1) is 0 Å². The van der Waals surface area contributed by atoms with Crippen LogP contribution in [-0.2, 0) is 9.47 Å². The minimum atomic E-state index is -0.149. The van der Waals surface area contributed by atoms with Gasteiger partial charge >= 0.3 is 0 Å². The Kier molecular flexibility index (Phi) is 3.93. The van der Waals surface area contributed by atoms with E-state index in [1.54, 1.807) is 0 Å². The van der Waals surface area contributed by atoms with Gasteiger partial charge in [0.15, 0.2) is 0 Å². The molecule has 0 aliphatic carbocycles. The van der Waals surface area contributed by atoms with Gasteiger partial charge in [0.05, 0.1) is 12.2 Å². The van der Waals surface area contributed by atoms with Gasteiger partial charge in [0.2, 0.25) is 0 Å². The normalized spacial score (nSPS) is 29.1. The molecule has 0 radical (unpaired) electrons. The standard InChI is InChI=1S/C11H23NO2/c1-10(2,3)14-8-6-11(12)5-4-7-13-9-11/h4-9,12H2,1-3H3. The molecule has 0 aromatic heterocycles. The Balaban J connectivity index is 2.22. The van der Waals surface area contributed by atoms with E-state index in [1.807, 2.05) is 0 Å². The van der Waals surface area contributed by atoms with Gasteiger partial charge in [-0.1, -0.05) is 0 Å². The quantitative estimate of drug-likeness (QED) is 0.756. The molecule has 0 saturated carbocycles. The van der Waals surface area contributed by atoms with Crippen LogP contribution in [0.1, 0.15) is 40.0 Å². The predicted octanol–water partition coefficient (Wildman–Crippen LogP) is 1.70. The zero-order valence-corrected chi connectivity index (χ0v) is 9.64. The second-order valence-electron chi connectivity index (χ2n) is 5.23. The van der Waals surface area contributed by atoms with Crippen LogP contribution < -0.4 is 5.73 Å². The van der Waals surface area contributed by atoms with Crippen molar-refractivity contribution in [2.24, 2.45) is 5.73 Å². The van der Waals surface area contributed by atoms with Crippen molar-refractivity contribution in [3.05, 3.63) is 0 Å². The van der Waals surface area contributed by atoms with E-state index >= 15 is 0 Å². The number of rotatable bonds is 3. The average Bonchev–Trinajstić information content (AvgIpc) is 2.02. The van der Waals surface area contributed by atoms with E-state index in [0.717, 1.165) is 32.5 Å². The first-order valence-electron chi connectivity index (χ1n) is 5.42. The molecule has 2 N–H and O–H groups in total. The summed E-state index contributed by atoms with van der Waals surface area (Å²) in [5, 5.41) is 0. The third kappa shape index (κ3) is 4.40. The topological polar surface area (TPSA) is 44.5 Å². The molecule has 3 heteroatoms. The summed E-state index contributed by atoms with van der Waals surface area (Å²) in [6.45, 7) is 8.46. The first kappa shape index (κ1) is 12.0. The predicted molar refractivity (Wildman–Crippen MR) is 57.3 cm³/mol. The van der Waals surface area contributed by atoms with Crippen molar-refractivity contribution in [1.82, 2.24) is 0 Å². The van der Waals surface area contributed by atoms with E-state index in [0.29, 0.717) is 6.61 Å². The Morgan fingerprint density at radius 3 is 2.64 bits per heavy atom. The molecule has 1 rings (SSSR count). The monoisotopic (exact) mass is 201 g/mol. The van der Waals surface area contributed by atoms with Gasteiger partial charge in [0, 0.05) is 18.8 Å². The van der Waals surface area contributed by atoms with E-state index in [2.05, 4.69) is 20.8 Å². The van der Waals surface area contributed by atoms with Crippen molar-refractivity contribution < 1.29 is 9.47 Å². The van der Waals surface area contributed by atoms with Crippen LogP contribution in [0.25, 0.3) is 0 Å². The second kappa shape index (κ2) is 4.60. The first-order chi connectivity index (χ1) is 6.41. The van der Waals surface area contributed by atoms with Crippen LogP contribution in [0.5, 0.6) is 0 Å². The van der Waals surface area contributed by atoms with Crippen LogP contribution in [-0.4, -0.2) is 31.0 Å². The third-order valence-electron chi connectivity index (χ3n) is 2.49. The van der Waals surface area contributed by atoms with Crippen molar-refractivity contribution in [3.8, 4) is 0 Å². The molecule has 1 aliphatic heterocycles. The number of nitrogens with two attached hydrogens (primary N) is 1. The van der Waals surface area contributed by atoms with Crippen LogP contribution in [0.15, 0.2) is 0 Å². The Hall–Kier alpha value is -0.120. The highest BCUT2D eigenvalue weighted by Gasteiger charge is 2.28. The van der Waals surface area contributed by atoms with Crippen molar-refractivity contribution in [2.75, 3.05) is 19.8 Å². The summed E-state index contributed by atoms with van der Waals surface area (Å²) >= 11 is 0. The molecule has 1 heterocycles. The maximum absolute atomic E-state index is 6.18. The minimum Gasteiger partial charge on any atom is -0.380 e. The molecule has 1 fully saturated rings. The van der Waals surface area contributed by atoms with E-state index < -0.39 is 0 Å². The van der Waals surface area contributed by atoms with Crippen molar-refractivity contribution in [3.63, 3.8) is 0 Å². The van der Waals surface area contributed by atoms with Crippen molar-refractivity contribution in [2.45, 2.75) is 51.2 Å². The summed E-state index contributed by atoms with van der Waals surface area (Å²) in [7, 11) is 0. The fraction of sp³-hybridized carbons (Fsp3) is 1.00. The van der Waals surface area contributed by atoms with Crippen LogP contribution in [0, 0.1) is 0 Å². The van der Waals surface area contributed by atoms with Gasteiger partial charge in [0.1, 0.15) is 0 Å². The number of ether oxygens (including phenoxy) is 2. The second-order valence-corrected chi connectivity index (χ2v) is 5.23. The van der Waals surface area contributed by atoms with E-state index in [1.165, 1.54) is 0 Å². The smallest absolute Gasteiger partial charge is 0.0647 e. The van der Waals surface area contributed by atoms with Crippen LogP contribution in [0.4, 0.5) is 0 Å². The summed E-state index contributed by atoms with van der Waals surface area (Å²) in [5.41, 5.74) is 5.97. The SMILES string of the molecule is CC(C)(C)OCCC1(N)CCCOC1. The lowest BCUT2D eigenvalue weighted by atomic mass is 9.90. The zero-order chi connectivity index (χ0) is 10.7. The molecule has 0 spiro atoms. The summed E-state index contributed by atoms with van der Waals surface area (Å²) in [5.74, 6) is 0. The van der Waals surface area contributed by atoms with E-state index in [-0.39, 0.29) is 11.1 Å². The summed E-state index contributed by atoms with van der Waals surface area (Å²) < 4.78 is 11.0. The van der Waals surface area contributed by atoms with Gasteiger partial charge in [-0.3, -0.25) is 0 Å². The molecule has 0 aromatic carbocycles. The molecule has 0 amide bonds. The Labute approximate surface area is 86.9 Å². The molecule has 14 heavy (non-hydrogen) atoms. The molecular formula is C11H23NO2. The van der Waals surface area contributed by atoms with Crippen molar-refractivity contribution in [1.29, 1.82) is 0 Å². The lowest BCUT2D eigenvalue weighted by Crippen LogP contribution is -2.48. The lowest BCUT2D eigenvalue weighted by molar-refractivity contribution is -0.0295. The first-order valence-corrected chi connectivity index (χ1v) is 5.42. The maximum Gasteiger partial charge on any atom is 0.0647 e. The van der Waals surface area contributed by atoms with Gasteiger partial charge in [-0.05, 0) is 40.0 Å². The highest BCUT2D eigenvalue weighted by molar-refractivity contribution is 4.86. The molecular weight excluding hydrogens is 178 g/mol. The minimum absolute atomic E-state index is 0.0636. The number of hydrogen-bond acceptors (Lipinski definition) is 3. The number of hydrogen-bond donors (Lipinski definition) is 1. The van der Waals surface area contributed by atoms with E-state index in [9.17, 15) is 0 Å². The lowest BCUT2D eigenvalue weighted by Gasteiger charge is -2.34. The Morgan fingerprint density at radius 2 is 2.14 bits per heavy atom. The molecule has 1 unspecified atom stereocenters. The fourth-order valence-electron chi connectivity index (χ4n) is 1.63. The third-order valence-corrected chi connectivity index (χ3v) is 2.49. The summed E-state index contributed by atoms with van der Waals surface area (Å²) in [4.78, 5) is 0. The van der Waals surface area contributed by atoms with Gasteiger partial charge < -0.3 is 15.2 Å². The largest absolute Gasteiger partial charge is 0.380 e. The average molecular weight is 201 g/mol. The molecule has 1 saturated heterocycles. The van der Waals surface area contributed by atoms with E-state index in [4.69, 9.17) is 15.2 Å². The fourth-order valence-corrected chi connectivity index (χ4v) is 1.63. The summed E-state index contributed by atoms with van der Waals surface area (Å²) in [6, 6.07) is 0. The maximum atomic E-state index is 6.18. The zero-order valence-electron chi connectivity index (χ0n) is 9.64. The molecule has 1 aliphatic rings. The van der Waals surface area contributed by atoms with Gasteiger partial charge in [-0.2, -0.15) is 0 Å². The van der Waals surface area contributed by atoms with Gasteiger partial charge in [-0.25, -0.2) is 0 Å². The molecule has 0 aromatic rings. The highest BCUT2D eigenvalue weighted by Crippen LogP contribution is 2.21. The summed E-state index contributed by atoms with van der Waals surface area (Å²) in [6.07, 6.45) is 3.02. The highest BCUT2D eigenvalue weighted by atomic mass is 16.5. The Morgan fingerprint density at radius 1 is 1.43 bits per heavy atom. The van der Waals surface area contributed by atoms with Crippen molar-refractivity contribution >= 4 is 0 Å². The van der Waals surface area contributed by atoms with Gasteiger partial charge in [0.25, 0.3) is 0 Å². The van der Waals surface area contributed by atoms with Crippen LogP contribution in [0.2, 0.25) is 0 Å². The van der Waals surface area contributed by atoms with Crippen LogP contribution in [0.3, 0.4) is 0 Å². The molecule has 3 nitrogen and oxygen atoms in total. The molecule has 84 valence electrons. The Bertz CT molecular complexity index is 169. The molecule has 0 bridgehead atoms. The molecule has 1 atom stereocenters. The van der Waals surface area contributed by atoms with Crippen LogP contribution >= 0.6 is 0 Å².